The Morgan fingerprint density at radius 3 is 1.04 bits per heavy atom. The van der Waals surface area contributed by atoms with Crippen LogP contribution in [0, 0.1) is 18.2 Å². The Hall–Kier alpha value is -9.62. The fraction of sp³-hybridized carbons (Fsp3) is 0.607. The van der Waals surface area contributed by atoms with Crippen LogP contribution in [0.5, 0.6) is 5.75 Å². The van der Waals surface area contributed by atoms with Gasteiger partial charge in [-0.2, -0.15) is 61.5 Å². The third kappa shape index (κ3) is 40.0. The molecule has 3 aliphatic rings. The van der Waals surface area contributed by atoms with Crippen LogP contribution in [0.4, 0.5) is 79.0 Å². The highest BCUT2D eigenvalue weighted by atomic mass is 19.4. The van der Waals surface area contributed by atoms with Gasteiger partial charge in [0.25, 0.3) is 6.43 Å². The van der Waals surface area contributed by atoms with Crippen molar-refractivity contribution in [1.82, 2.24) is 49.8 Å². The molecular formula is C117H162F18N10O. The van der Waals surface area contributed by atoms with Crippen LogP contribution >= 0.6 is 0 Å². The van der Waals surface area contributed by atoms with E-state index < -0.39 is 67.7 Å². The van der Waals surface area contributed by atoms with Gasteiger partial charge in [-0.1, -0.05) is 261 Å². The summed E-state index contributed by atoms with van der Waals surface area (Å²) < 4.78 is 234. The summed E-state index contributed by atoms with van der Waals surface area (Å²) in [6.07, 6.45) is -0.558. The number of hydrogen-bond donors (Lipinski definition) is 0. The molecule has 3 saturated carbocycles. The van der Waals surface area contributed by atoms with Crippen molar-refractivity contribution in [2.75, 3.05) is 0 Å². The molecule has 3 fully saturated rings. The van der Waals surface area contributed by atoms with Crippen molar-refractivity contribution in [3.8, 4) is 18.1 Å². The van der Waals surface area contributed by atoms with Crippen LogP contribution in [-0.2, 0) is 31.6 Å². The molecule has 9 aromatic heterocycles. The number of alkyl halides is 17. The number of rotatable bonds is 26. The van der Waals surface area contributed by atoms with Crippen LogP contribution in [0.2, 0.25) is 0 Å². The third-order valence-corrected chi connectivity index (χ3v) is 24.7. The van der Waals surface area contributed by atoms with E-state index in [1.807, 2.05) is 171 Å². The van der Waals surface area contributed by atoms with Gasteiger partial charge in [-0.15, -0.1) is 6.42 Å². The van der Waals surface area contributed by atoms with Gasteiger partial charge < -0.3 is 4.74 Å². The van der Waals surface area contributed by atoms with Gasteiger partial charge in [-0.25, -0.2) is 27.5 Å². The smallest absolute Gasteiger partial charge is 0.433 e. The zero-order chi connectivity index (χ0) is 112. The molecule has 0 aliphatic heterocycles. The van der Waals surface area contributed by atoms with Gasteiger partial charge in [0.1, 0.15) is 29.8 Å². The molecule has 0 N–H and O–H groups in total. The summed E-state index contributed by atoms with van der Waals surface area (Å²) in [5.41, 5.74) is 16.1. The van der Waals surface area contributed by atoms with Crippen LogP contribution in [0.3, 0.4) is 0 Å². The first-order valence-corrected chi connectivity index (χ1v) is 51.5. The summed E-state index contributed by atoms with van der Waals surface area (Å²) in [4.78, 5) is 41.5. The summed E-state index contributed by atoms with van der Waals surface area (Å²) in [5, 5.41) is 0. The lowest BCUT2D eigenvalue weighted by Gasteiger charge is -2.21. The van der Waals surface area contributed by atoms with Crippen molar-refractivity contribution in [2.24, 2.45) is 0 Å². The molecule has 146 heavy (non-hydrogen) atoms. The Bertz CT molecular complexity index is 5440. The largest absolute Gasteiger partial charge is 0.433 e. The van der Waals surface area contributed by atoms with Gasteiger partial charge in [0, 0.05) is 117 Å². The first kappa shape index (κ1) is 129. The van der Waals surface area contributed by atoms with Crippen molar-refractivity contribution in [3.05, 3.63) is 249 Å². The topological polar surface area (TPSA) is 138 Å². The molecule has 0 atom stereocenters. The molecule has 0 bridgehead atoms. The van der Waals surface area contributed by atoms with Gasteiger partial charge >= 0.3 is 31.3 Å². The number of aromatic nitrogens is 10. The van der Waals surface area contributed by atoms with Gasteiger partial charge in [0.15, 0.2) is 0 Å². The van der Waals surface area contributed by atoms with E-state index in [0.717, 1.165) is 111 Å². The Morgan fingerprint density at radius 1 is 0.322 bits per heavy atom. The molecule has 3 aliphatic carbocycles. The zero-order valence-electron chi connectivity index (χ0n) is 92.8. The molecule has 29 heteroatoms. The number of ether oxygens (including phenoxy) is 1. The van der Waals surface area contributed by atoms with E-state index in [4.69, 9.17) is 11.4 Å². The highest BCUT2D eigenvalue weighted by Crippen LogP contribution is 2.50. The first-order chi connectivity index (χ1) is 67.3. The average molecular weight is 2070 g/mol. The van der Waals surface area contributed by atoms with E-state index in [1.165, 1.54) is 54.6 Å². The molecular weight excluding hydrogens is 1900 g/mol. The summed E-state index contributed by atoms with van der Waals surface area (Å²) in [6, 6.07) is 14.9. The fourth-order valence-electron chi connectivity index (χ4n) is 15.4. The van der Waals surface area contributed by atoms with Crippen molar-refractivity contribution < 1.29 is 83.8 Å². The van der Waals surface area contributed by atoms with E-state index in [9.17, 15) is 79.0 Å². The third-order valence-electron chi connectivity index (χ3n) is 24.7. The minimum absolute atomic E-state index is 0.00725. The normalized spacial score (nSPS) is 13.5. The van der Waals surface area contributed by atoms with Crippen molar-refractivity contribution in [2.45, 2.75) is 463 Å². The van der Waals surface area contributed by atoms with Crippen LogP contribution in [0.25, 0.3) is 0 Å². The second-order valence-corrected chi connectivity index (χ2v) is 43.7. The van der Waals surface area contributed by atoms with Crippen molar-refractivity contribution >= 4 is 0 Å². The Morgan fingerprint density at radius 2 is 0.685 bits per heavy atom. The molecule has 12 rings (SSSR count). The monoisotopic (exact) mass is 2070 g/mol. The summed E-state index contributed by atoms with van der Waals surface area (Å²) in [6.45, 7) is 67.8. The second-order valence-electron chi connectivity index (χ2n) is 43.7. The quantitative estimate of drug-likeness (QED) is 0.0378. The van der Waals surface area contributed by atoms with E-state index in [2.05, 4.69) is 131 Å². The first-order valence-electron chi connectivity index (χ1n) is 51.5. The lowest BCUT2D eigenvalue weighted by Crippen LogP contribution is -2.17. The molecule has 11 nitrogen and oxygen atoms in total. The minimum Gasteiger partial charge on any atom is -0.433 e. The number of pyridine rings is 8. The van der Waals surface area contributed by atoms with Crippen LogP contribution < -0.4 is 4.74 Å². The van der Waals surface area contributed by atoms with Crippen LogP contribution in [-0.4, -0.2) is 62.6 Å². The summed E-state index contributed by atoms with van der Waals surface area (Å²) in [5.74, 6) is 7.64. The molecule has 812 valence electrons. The lowest BCUT2D eigenvalue weighted by molar-refractivity contribution is -0.142. The van der Waals surface area contributed by atoms with Gasteiger partial charge in [0.05, 0.1) is 46.5 Å². The maximum Gasteiger partial charge on any atom is 0.433 e. The van der Waals surface area contributed by atoms with E-state index in [-0.39, 0.29) is 122 Å². The SMILES string of the molecule is C#Cc1c(C(C)C)cc(C(C)C)nc1C1CC1.CC(C)c1cc(C(C)C)c(C(F)(F)F)c(C2CC2)n1.CC(C)c1cc(C(C)C)c(C(F)F)cn1.CC(C)c1cc(C(C)C)c(CC(F)(F)F)cn1.CC(C)c1cc(C(C)C)c(CF)cn1.CC(C)c1cc(C(C)C)c(F)c(C2CC2)n1.CC(C)c1cc(C(C)C)c(OC(F)F)cn1.CC(C)c1cnc(C(F)(F)F)c(C(C)C)c1.CC(C)c1ncc(C(F)(F)F)c(C(C)C)n1. The summed E-state index contributed by atoms with van der Waals surface area (Å²) in [7, 11) is 0. The number of halogens is 18. The Kier molecular flexibility index (Phi) is 50.1. The molecule has 0 unspecified atom stereocenters. The molecule has 0 radical (unpaired) electrons. The number of nitrogens with zero attached hydrogens (tertiary/aromatic N) is 10. The van der Waals surface area contributed by atoms with E-state index in [1.54, 1.807) is 58.2 Å². The molecule has 0 aromatic carbocycles. The van der Waals surface area contributed by atoms with Crippen LogP contribution in [0.15, 0.2) is 85.7 Å². The predicted octanol–water partition coefficient (Wildman–Crippen LogP) is 38.3. The highest BCUT2D eigenvalue weighted by molar-refractivity contribution is 5.49. The maximum atomic E-state index is 14.2. The van der Waals surface area contributed by atoms with E-state index >= 15 is 0 Å². The lowest BCUT2D eigenvalue weighted by atomic mass is 9.92. The number of hydrogen-bond acceptors (Lipinski definition) is 11. The second kappa shape index (κ2) is 56.8. The zero-order valence-corrected chi connectivity index (χ0v) is 92.8. The molecule has 0 saturated heterocycles. The molecule has 9 aromatic rings. The van der Waals surface area contributed by atoms with Gasteiger partial charge in [-0.3, -0.25) is 39.9 Å². The van der Waals surface area contributed by atoms with Crippen LogP contribution in [0.1, 0.15) is 576 Å². The van der Waals surface area contributed by atoms with Gasteiger partial charge in [0.2, 0.25) is 0 Å². The van der Waals surface area contributed by atoms with Gasteiger partial charge in [-0.05, 0) is 232 Å². The highest BCUT2D eigenvalue weighted by Gasteiger charge is 2.44. The Labute approximate surface area is 859 Å². The number of terminal acetylenes is 1. The molecule has 9 heterocycles. The Balaban J connectivity index is 0.000000343. The average Bonchev–Trinajstić information content (AvgIpc) is 1.57. The molecule has 0 amide bonds. The van der Waals surface area contributed by atoms with Crippen molar-refractivity contribution in [1.29, 1.82) is 0 Å². The van der Waals surface area contributed by atoms with Crippen molar-refractivity contribution in [3.63, 3.8) is 0 Å². The fourth-order valence-corrected chi connectivity index (χ4v) is 15.4. The minimum atomic E-state index is -4.38. The molecule has 0 spiro atoms. The maximum absolute atomic E-state index is 14.2. The standard InChI is InChI=1S/C16H21N.C15H20F3N.C14H20FN.C13H18F3N.C12H16F3N.C12H17F2NO.C12H17F2N.C12H18FN.C11H15F3N2/c1-6-13-14(10(2)3)9-15(11(4)5)17-16(13)12-7-8-12;1-8(2)11-7-12(9(3)4)19-14(10-5-6-10)13(11)15(16,17)18;1-8(2)11-7-12(9(3)4)16-14(13(11)15)10-5-6-10;1-8(2)11-5-12(9(3)4)17-7-10(11)6-13(14,15)16;1-7(2)9-5-10(8(3)4)11(16-6-9)12(13,14)15;1-7(2)9-5-10(8(3)4)15-6-11(9)16-12(13)14;1-7(2)9-5-11(8(3)4)15-6-10(9)12(13)14;1-8(2)11-5-12(9(3)4)14-7-10(11)6-13;1-6(2)9-8(11(12,13)14)5-15-10(16-9)7(3)4/h1,9-12H,7-8H2,2-5H3;7-10H,5-6H2,1-4H3;7-10H,5-6H2,1-4H3;5,7-9H,6H2,1-4H3;5-8H,1-4H3;5-8,12H,1-4H3;5-8,12H,1-4H3;5,7-9H,6H2,1-4H3;5-7H,1-4H3. The van der Waals surface area contributed by atoms with E-state index in [0.29, 0.717) is 58.4 Å². The predicted molar refractivity (Wildman–Crippen MR) is 555 cm³/mol. The summed E-state index contributed by atoms with van der Waals surface area (Å²) >= 11 is 0.